The number of benzene rings is 1. The minimum absolute atomic E-state index is 0.0284. The van der Waals surface area contributed by atoms with Gasteiger partial charge in [-0.2, -0.15) is 13.2 Å². The number of aromatic nitrogens is 1. The van der Waals surface area contributed by atoms with E-state index in [-0.39, 0.29) is 37.2 Å². The number of amides is 1. The lowest BCUT2D eigenvalue weighted by Crippen LogP contribution is -2.49. The summed E-state index contributed by atoms with van der Waals surface area (Å²) in [5.74, 6) is -2.19. The van der Waals surface area contributed by atoms with Gasteiger partial charge in [0.15, 0.2) is 0 Å². The molecule has 3 rings (SSSR count). The van der Waals surface area contributed by atoms with Crippen LogP contribution in [0.25, 0.3) is 0 Å². The third-order valence-corrected chi connectivity index (χ3v) is 4.58. The fourth-order valence-electron chi connectivity index (χ4n) is 3.39. The normalized spacial score (nSPS) is 16.2. The van der Waals surface area contributed by atoms with E-state index in [1.807, 2.05) is 0 Å². The summed E-state index contributed by atoms with van der Waals surface area (Å²) < 4.78 is 65.3. The minimum Gasteiger partial charge on any atom is -0.305 e. The summed E-state index contributed by atoms with van der Waals surface area (Å²) in [5.41, 5.74) is 0.255. The van der Waals surface area contributed by atoms with Gasteiger partial charge in [0.2, 0.25) is 0 Å². The number of anilines is 1. The number of halogens is 5. The number of nitrogens with zero attached hydrogens (tertiary/aromatic N) is 3. The molecule has 150 valence electrons. The number of hydrogen-bond acceptors (Lipinski definition) is 3. The third-order valence-electron chi connectivity index (χ3n) is 4.58. The van der Waals surface area contributed by atoms with Crippen molar-refractivity contribution in [1.82, 2.24) is 9.88 Å². The first-order valence-corrected chi connectivity index (χ1v) is 8.72. The van der Waals surface area contributed by atoms with E-state index in [0.29, 0.717) is 6.07 Å². The lowest BCUT2D eigenvalue weighted by Gasteiger charge is -2.38. The van der Waals surface area contributed by atoms with E-state index in [1.54, 1.807) is 6.07 Å². The number of rotatable bonds is 4. The van der Waals surface area contributed by atoms with Crippen LogP contribution in [0.4, 0.5) is 27.6 Å². The van der Waals surface area contributed by atoms with Crippen molar-refractivity contribution in [3.8, 4) is 0 Å². The molecule has 1 aromatic heterocycles. The first-order chi connectivity index (χ1) is 13.2. The van der Waals surface area contributed by atoms with E-state index in [1.165, 1.54) is 28.3 Å². The second-order valence-electron chi connectivity index (χ2n) is 6.67. The van der Waals surface area contributed by atoms with Crippen LogP contribution in [-0.4, -0.2) is 47.6 Å². The summed E-state index contributed by atoms with van der Waals surface area (Å²) in [4.78, 5) is 19.4. The van der Waals surface area contributed by atoms with Gasteiger partial charge in [0.05, 0.1) is 17.8 Å². The Morgan fingerprint density at radius 3 is 2.32 bits per heavy atom. The molecule has 0 N–H and O–H groups in total. The van der Waals surface area contributed by atoms with Crippen molar-refractivity contribution in [1.29, 1.82) is 0 Å². The molecule has 0 atom stereocenters. The monoisotopic (exact) mass is 399 g/mol. The number of carbonyl (C=O) groups excluding carboxylic acids is 1. The molecule has 1 aliphatic heterocycles. The second-order valence-corrected chi connectivity index (χ2v) is 6.67. The van der Waals surface area contributed by atoms with Gasteiger partial charge in [-0.05, 0) is 37.1 Å². The lowest BCUT2D eigenvalue weighted by atomic mass is 10.0. The van der Waals surface area contributed by atoms with Crippen molar-refractivity contribution in [2.24, 2.45) is 0 Å². The van der Waals surface area contributed by atoms with E-state index in [2.05, 4.69) is 4.98 Å². The van der Waals surface area contributed by atoms with E-state index in [4.69, 9.17) is 0 Å². The summed E-state index contributed by atoms with van der Waals surface area (Å²) in [6.45, 7) is -0.775. The predicted octanol–water partition coefficient (Wildman–Crippen LogP) is 4.03. The molecular weight excluding hydrogens is 381 g/mol. The van der Waals surface area contributed by atoms with Crippen molar-refractivity contribution in [2.45, 2.75) is 25.1 Å². The topological polar surface area (TPSA) is 36.4 Å². The number of hydrogen-bond donors (Lipinski definition) is 0. The summed E-state index contributed by atoms with van der Waals surface area (Å²) >= 11 is 0. The fourth-order valence-corrected chi connectivity index (χ4v) is 3.39. The molecule has 1 fully saturated rings. The first kappa shape index (κ1) is 20.2. The van der Waals surface area contributed by atoms with Crippen molar-refractivity contribution in [3.63, 3.8) is 0 Å². The molecule has 1 amide bonds. The van der Waals surface area contributed by atoms with E-state index in [0.717, 1.165) is 12.1 Å². The maximum Gasteiger partial charge on any atom is 0.401 e. The van der Waals surface area contributed by atoms with E-state index < -0.39 is 36.3 Å². The zero-order valence-corrected chi connectivity index (χ0v) is 14.8. The molecular formula is C19H18F5N3O. The van der Waals surface area contributed by atoms with Gasteiger partial charge < -0.3 is 4.90 Å². The van der Waals surface area contributed by atoms with Crippen LogP contribution in [0.15, 0.2) is 42.7 Å². The van der Waals surface area contributed by atoms with Gasteiger partial charge in [-0.3, -0.25) is 14.7 Å². The molecule has 28 heavy (non-hydrogen) atoms. The Labute approximate surface area is 158 Å². The third kappa shape index (κ3) is 5.03. The lowest BCUT2D eigenvalue weighted by molar-refractivity contribution is -0.147. The highest BCUT2D eigenvalue weighted by molar-refractivity contribution is 6.06. The molecule has 2 aromatic rings. The van der Waals surface area contributed by atoms with Gasteiger partial charge >= 0.3 is 6.18 Å². The van der Waals surface area contributed by atoms with E-state index >= 15 is 0 Å². The molecule has 1 aliphatic rings. The van der Waals surface area contributed by atoms with Crippen molar-refractivity contribution in [3.05, 3.63) is 59.9 Å². The van der Waals surface area contributed by atoms with Crippen LogP contribution in [0, 0.1) is 11.6 Å². The highest BCUT2D eigenvalue weighted by Gasteiger charge is 2.35. The number of likely N-dealkylation sites (tertiary alicyclic amines) is 1. The zero-order chi connectivity index (χ0) is 20.3. The van der Waals surface area contributed by atoms with Crippen LogP contribution >= 0.6 is 0 Å². The predicted molar refractivity (Wildman–Crippen MR) is 92.9 cm³/mol. The Morgan fingerprint density at radius 1 is 1.14 bits per heavy atom. The largest absolute Gasteiger partial charge is 0.401 e. The van der Waals surface area contributed by atoms with Crippen molar-refractivity contribution >= 4 is 11.6 Å². The van der Waals surface area contributed by atoms with Crippen LogP contribution in [-0.2, 0) is 0 Å². The van der Waals surface area contributed by atoms with Crippen LogP contribution in [0.1, 0.15) is 23.2 Å². The highest BCUT2D eigenvalue weighted by atomic mass is 19.4. The average molecular weight is 399 g/mol. The molecule has 4 nitrogen and oxygen atoms in total. The van der Waals surface area contributed by atoms with Crippen LogP contribution < -0.4 is 4.90 Å². The Kier molecular flexibility index (Phi) is 5.93. The molecule has 0 spiro atoms. The van der Waals surface area contributed by atoms with Gasteiger partial charge in [0.1, 0.15) is 11.6 Å². The van der Waals surface area contributed by atoms with Gasteiger partial charge in [0, 0.05) is 37.6 Å². The SMILES string of the molecule is O=C(c1cccnc1)N(c1cc(F)cc(F)c1)C1CCN(CC(F)(F)F)CC1. The highest BCUT2D eigenvalue weighted by Crippen LogP contribution is 2.28. The summed E-state index contributed by atoms with van der Waals surface area (Å²) in [6, 6.07) is 5.37. The Balaban J connectivity index is 1.86. The van der Waals surface area contributed by atoms with Gasteiger partial charge in [-0.25, -0.2) is 8.78 Å². The number of carbonyl (C=O) groups is 1. The number of piperidine rings is 1. The smallest absolute Gasteiger partial charge is 0.305 e. The second kappa shape index (κ2) is 8.22. The molecule has 0 bridgehead atoms. The Morgan fingerprint density at radius 2 is 1.79 bits per heavy atom. The standard InChI is InChI=1S/C19H18F5N3O/c20-14-8-15(21)10-17(9-14)27(18(28)13-2-1-5-25-11-13)16-3-6-26(7-4-16)12-19(22,23)24/h1-2,5,8-11,16H,3-4,6-7,12H2. The van der Waals surface area contributed by atoms with E-state index in [9.17, 15) is 26.7 Å². The van der Waals surface area contributed by atoms with Crippen molar-refractivity contribution in [2.75, 3.05) is 24.5 Å². The Bertz CT molecular complexity index is 800. The molecule has 1 aromatic carbocycles. The van der Waals surface area contributed by atoms with Gasteiger partial charge in [-0.1, -0.05) is 0 Å². The Hall–Kier alpha value is -2.55. The van der Waals surface area contributed by atoms with Crippen LogP contribution in [0.5, 0.6) is 0 Å². The van der Waals surface area contributed by atoms with Crippen molar-refractivity contribution < 1.29 is 26.7 Å². The molecule has 0 unspecified atom stereocenters. The molecule has 1 saturated heterocycles. The zero-order valence-electron chi connectivity index (χ0n) is 14.8. The maximum atomic E-state index is 13.7. The summed E-state index contributed by atoms with van der Waals surface area (Å²) in [7, 11) is 0. The molecule has 0 aliphatic carbocycles. The van der Waals surface area contributed by atoms with Gasteiger partial charge in [0.25, 0.3) is 5.91 Å². The summed E-state index contributed by atoms with van der Waals surface area (Å²) in [6.07, 6.45) is -0.980. The van der Waals surface area contributed by atoms with Gasteiger partial charge in [-0.15, -0.1) is 0 Å². The molecule has 0 saturated carbocycles. The fraction of sp³-hybridized carbons (Fsp3) is 0.368. The molecule has 0 radical (unpaired) electrons. The summed E-state index contributed by atoms with van der Waals surface area (Å²) in [5, 5.41) is 0. The average Bonchev–Trinajstić information content (AvgIpc) is 2.62. The van der Waals surface area contributed by atoms with Crippen LogP contribution in [0.2, 0.25) is 0 Å². The first-order valence-electron chi connectivity index (χ1n) is 8.72. The quantitative estimate of drug-likeness (QED) is 0.729. The van der Waals surface area contributed by atoms with Crippen LogP contribution in [0.3, 0.4) is 0 Å². The molecule has 9 heteroatoms. The number of pyridine rings is 1. The maximum absolute atomic E-state index is 13.7. The minimum atomic E-state index is -4.30. The number of alkyl halides is 3. The molecule has 2 heterocycles.